The molecule has 4 rings (SSSR count). The standard InChI is InChI=1S/C25H25F2N3O2S/c1-30-16-18-5-3-4-6-21(18)25(22-13-10-19(26)15-23(22)27)28-24(30)14-9-17-7-11-20(12-8-17)29-33(2,31)32/h3-8,10-13,15,25,29H,9,14,16H2,1-2H3/t25-/m1/s1. The van der Waals surface area contributed by atoms with Gasteiger partial charge in [-0.3, -0.25) is 9.71 Å². The van der Waals surface area contributed by atoms with Gasteiger partial charge in [0.25, 0.3) is 0 Å². The van der Waals surface area contributed by atoms with Crippen LogP contribution < -0.4 is 4.72 Å². The van der Waals surface area contributed by atoms with Crippen LogP contribution in [0.4, 0.5) is 14.5 Å². The molecule has 1 atom stereocenters. The largest absolute Gasteiger partial charge is 0.359 e. The molecule has 1 heterocycles. The number of aliphatic imine (C=N–C) groups is 1. The summed E-state index contributed by atoms with van der Waals surface area (Å²) in [4.78, 5) is 6.98. The monoisotopic (exact) mass is 469 g/mol. The van der Waals surface area contributed by atoms with Crippen molar-refractivity contribution >= 4 is 21.5 Å². The first-order chi connectivity index (χ1) is 15.7. The van der Waals surface area contributed by atoms with E-state index in [0.29, 0.717) is 30.6 Å². The first kappa shape index (κ1) is 22.9. The molecular weight excluding hydrogens is 444 g/mol. The van der Waals surface area contributed by atoms with Crippen molar-refractivity contribution in [2.75, 3.05) is 18.0 Å². The normalized spacial score (nSPS) is 16.1. The number of fused-ring (bicyclic) bond motifs is 1. The van der Waals surface area contributed by atoms with Crippen molar-refractivity contribution in [2.45, 2.75) is 25.4 Å². The van der Waals surface area contributed by atoms with E-state index in [2.05, 4.69) is 9.62 Å². The second kappa shape index (κ2) is 9.31. The number of sulfonamides is 1. The lowest BCUT2D eigenvalue weighted by Crippen LogP contribution is -2.26. The predicted molar refractivity (Wildman–Crippen MR) is 127 cm³/mol. The van der Waals surface area contributed by atoms with Crippen LogP contribution in [-0.2, 0) is 23.0 Å². The van der Waals surface area contributed by atoms with E-state index in [1.165, 1.54) is 12.1 Å². The lowest BCUT2D eigenvalue weighted by Gasteiger charge is -2.20. The fourth-order valence-electron chi connectivity index (χ4n) is 4.03. The molecule has 3 aromatic carbocycles. The molecule has 0 fully saturated rings. The molecule has 172 valence electrons. The summed E-state index contributed by atoms with van der Waals surface area (Å²) in [6.45, 7) is 0.630. The van der Waals surface area contributed by atoms with Gasteiger partial charge in [0.1, 0.15) is 23.5 Å². The molecule has 0 saturated carbocycles. The maximum absolute atomic E-state index is 14.7. The van der Waals surface area contributed by atoms with Gasteiger partial charge in [0.2, 0.25) is 10.0 Å². The summed E-state index contributed by atoms with van der Waals surface area (Å²) in [6.07, 6.45) is 2.40. The highest BCUT2D eigenvalue weighted by molar-refractivity contribution is 7.92. The first-order valence-corrected chi connectivity index (χ1v) is 12.5. The number of rotatable bonds is 6. The lowest BCUT2D eigenvalue weighted by molar-refractivity contribution is 0.490. The van der Waals surface area contributed by atoms with Crippen LogP contribution in [0.1, 0.15) is 34.7 Å². The second-order valence-electron chi connectivity index (χ2n) is 8.24. The van der Waals surface area contributed by atoms with Crippen LogP contribution in [0.5, 0.6) is 0 Å². The molecule has 0 amide bonds. The molecule has 0 saturated heterocycles. The third-order valence-corrected chi connectivity index (χ3v) is 6.23. The molecule has 0 unspecified atom stereocenters. The minimum absolute atomic E-state index is 0.341. The van der Waals surface area contributed by atoms with Crippen LogP contribution in [0, 0.1) is 11.6 Å². The average molecular weight is 470 g/mol. The molecule has 0 aromatic heterocycles. The van der Waals surface area contributed by atoms with Gasteiger partial charge in [0, 0.05) is 37.3 Å². The van der Waals surface area contributed by atoms with Crippen LogP contribution in [0.2, 0.25) is 0 Å². The number of halogens is 2. The Kier molecular flexibility index (Phi) is 6.47. The van der Waals surface area contributed by atoms with E-state index in [9.17, 15) is 17.2 Å². The van der Waals surface area contributed by atoms with Crippen molar-refractivity contribution in [3.8, 4) is 0 Å². The van der Waals surface area contributed by atoms with Crippen LogP contribution in [0.3, 0.4) is 0 Å². The van der Waals surface area contributed by atoms with Gasteiger partial charge in [0.05, 0.1) is 6.26 Å². The Morgan fingerprint density at radius 2 is 1.73 bits per heavy atom. The summed E-state index contributed by atoms with van der Waals surface area (Å²) in [5, 5.41) is 0. The summed E-state index contributed by atoms with van der Waals surface area (Å²) >= 11 is 0. The molecule has 1 aliphatic rings. The second-order valence-corrected chi connectivity index (χ2v) is 9.99. The van der Waals surface area contributed by atoms with Crippen molar-refractivity contribution in [2.24, 2.45) is 4.99 Å². The summed E-state index contributed by atoms with van der Waals surface area (Å²) in [5.74, 6) is -0.414. The summed E-state index contributed by atoms with van der Waals surface area (Å²) in [7, 11) is -1.37. The number of hydrogen-bond acceptors (Lipinski definition) is 4. The van der Waals surface area contributed by atoms with Gasteiger partial charge in [-0.05, 0) is 41.3 Å². The van der Waals surface area contributed by atoms with E-state index in [-0.39, 0.29) is 0 Å². The van der Waals surface area contributed by atoms with E-state index in [1.807, 2.05) is 43.4 Å². The number of aryl methyl sites for hydroxylation is 1. The van der Waals surface area contributed by atoms with Crippen LogP contribution in [0.25, 0.3) is 0 Å². The van der Waals surface area contributed by atoms with E-state index in [0.717, 1.165) is 34.8 Å². The van der Waals surface area contributed by atoms with Gasteiger partial charge >= 0.3 is 0 Å². The Morgan fingerprint density at radius 1 is 1.00 bits per heavy atom. The van der Waals surface area contributed by atoms with E-state index in [4.69, 9.17) is 4.99 Å². The SMILES string of the molecule is CN1Cc2ccccc2[C@H](c2ccc(F)cc2F)N=C1CCc1ccc(NS(C)(=O)=O)cc1. The fraction of sp³-hybridized carbons (Fsp3) is 0.240. The lowest BCUT2D eigenvalue weighted by atomic mass is 9.94. The van der Waals surface area contributed by atoms with Gasteiger partial charge in [-0.15, -0.1) is 0 Å². The molecule has 33 heavy (non-hydrogen) atoms. The maximum Gasteiger partial charge on any atom is 0.229 e. The molecule has 1 aliphatic heterocycles. The summed E-state index contributed by atoms with van der Waals surface area (Å²) in [6, 6.07) is 18.0. The Hall–Kier alpha value is -3.26. The molecular formula is C25H25F2N3O2S. The Balaban J connectivity index is 1.61. The third-order valence-electron chi connectivity index (χ3n) is 5.63. The highest BCUT2D eigenvalue weighted by Crippen LogP contribution is 2.34. The van der Waals surface area contributed by atoms with E-state index < -0.39 is 27.7 Å². The number of amidine groups is 1. The molecule has 0 bridgehead atoms. The topological polar surface area (TPSA) is 61.8 Å². The van der Waals surface area contributed by atoms with Crippen LogP contribution in [-0.4, -0.2) is 32.5 Å². The number of nitrogens with one attached hydrogen (secondary N) is 1. The molecule has 0 radical (unpaired) electrons. The zero-order chi connectivity index (χ0) is 23.6. The van der Waals surface area contributed by atoms with E-state index in [1.54, 1.807) is 12.1 Å². The van der Waals surface area contributed by atoms with Crippen molar-refractivity contribution in [1.29, 1.82) is 0 Å². The molecule has 0 aliphatic carbocycles. The summed E-state index contributed by atoms with van der Waals surface area (Å²) in [5.41, 5.74) is 3.82. The molecule has 8 heteroatoms. The van der Waals surface area contributed by atoms with E-state index >= 15 is 0 Å². The number of anilines is 1. The maximum atomic E-state index is 14.7. The molecule has 5 nitrogen and oxygen atoms in total. The highest BCUT2D eigenvalue weighted by Gasteiger charge is 2.25. The van der Waals surface area contributed by atoms with Crippen molar-refractivity contribution in [3.05, 3.63) is 101 Å². The van der Waals surface area contributed by atoms with Gasteiger partial charge in [-0.25, -0.2) is 17.2 Å². The first-order valence-electron chi connectivity index (χ1n) is 10.6. The third kappa shape index (κ3) is 5.57. The van der Waals surface area contributed by atoms with Gasteiger partial charge in [0.15, 0.2) is 0 Å². The Labute approximate surface area is 192 Å². The highest BCUT2D eigenvalue weighted by atomic mass is 32.2. The van der Waals surface area contributed by atoms with Gasteiger partial charge < -0.3 is 4.90 Å². The van der Waals surface area contributed by atoms with Gasteiger partial charge in [-0.2, -0.15) is 0 Å². The minimum atomic E-state index is -3.33. The van der Waals surface area contributed by atoms with Crippen molar-refractivity contribution in [1.82, 2.24) is 4.90 Å². The number of nitrogens with zero attached hydrogens (tertiary/aromatic N) is 2. The average Bonchev–Trinajstić information content (AvgIpc) is 2.88. The number of benzene rings is 3. The van der Waals surface area contributed by atoms with Crippen LogP contribution in [0.15, 0.2) is 71.7 Å². The van der Waals surface area contributed by atoms with Crippen molar-refractivity contribution in [3.63, 3.8) is 0 Å². The zero-order valence-corrected chi connectivity index (χ0v) is 19.2. The number of hydrogen-bond donors (Lipinski definition) is 1. The zero-order valence-electron chi connectivity index (χ0n) is 18.4. The van der Waals surface area contributed by atoms with Gasteiger partial charge in [-0.1, -0.05) is 42.5 Å². The Bertz CT molecular complexity index is 1290. The Morgan fingerprint density at radius 3 is 2.42 bits per heavy atom. The molecule has 1 N–H and O–H groups in total. The van der Waals surface area contributed by atoms with Crippen LogP contribution >= 0.6 is 0 Å². The predicted octanol–water partition coefficient (Wildman–Crippen LogP) is 4.90. The quantitative estimate of drug-likeness (QED) is 0.559. The summed E-state index contributed by atoms with van der Waals surface area (Å²) < 4.78 is 53.5. The van der Waals surface area contributed by atoms with Crippen molar-refractivity contribution < 1.29 is 17.2 Å². The fourth-order valence-corrected chi connectivity index (χ4v) is 4.60. The molecule has 0 spiro atoms. The smallest absolute Gasteiger partial charge is 0.229 e. The molecule has 3 aromatic rings. The minimum Gasteiger partial charge on any atom is -0.359 e.